The highest BCUT2D eigenvalue weighted by molar-refractivity contribution is 8.03. The van der Waals surface area contributed by atoms with Crippen LogP contribution in [0.15, 0.2) is 65.1 Å². The van der Waals surface area contributed by atoms with Gasteiger partial charge in [0, 0.05) is 84.0 Å². The third-order valence-electron chi connectivity index (χ3n) is 7.37. The molecule has 2 aromatic rings. The molecule has 0 spiro atoms. The van der Waals surface area contributed by atoms with Crippen molar-refractivity contribution in [1.29, 1.82) is 10.7 Å². The van der Waals surface area contributed by atoms with E-state index in [0.717, 1.165) is 65.6 Å². The van der Waals surface area contributed by atoms with E-state index in [4.69, 9.17) is 10.4 Å². The van der Waals surface area contributed by atoms with Crippen LogP contribution in [0.1, 0.15) is 44.0 Å². The number of fused-ring (bicyclic) bond motifs is 2. The van der Waals surface area contributed by atoms with Crippen molar-refractivity contribution in [2.45, 2.75) is 52.2 Å². The van der Waals surface area contributed by atoms with E-state index in [2.05, 4.69) is 77.3 Å². The molecule has 0 saturated carbocycles. The second kappa shape index (κ2) is 11.5. The summed E-state index contributed by atoms with van der Waals surface area (Å²) in [6.07, 6.45) is 11.3. The van der Waals surface area contributed by atoms with Gasteiger partial charge in [0.25, 0.3) is 0 Å². The zero-order valence-corrected chi connectivity index (χ0v) is 23.1. The van der Waals surface area contributed by atoms with Crippen molar-refractivity contribution < 1.29 is 0 Å². The highest BCUT2D eigenvalue weighted by atomic mass is 32.2. The number of aromatic nitrogens is 2. The van der Waals surface area contributed by atoms with Crippen LogP contribution in [0.5, 0.6) is 0 Å². The van der Waals surface area contributed by atoms with E-state index in [-0.39, 0.29) is 0 Å². The molecule has 2 aromatic heterocycles. The first-order chi connectivity index (χ1) is 18.5. The van der Waals surface area contributed by atoms with Crippen LogP contribution in [-0.2, 0) is 13.0 Å². The molecular formula is C30H35N7S. The van der Waals surface area contributed by atoms with Gasteiger partial charge in [-0.05, 0) is 48.6 Å². The number of anilines is 1. The second-order valence-corrected chi connectivity index (χ2v) is 11.6. The lowest BCUT2D eigenvalue weighted by Crippen LogP contribution is -2.68. The molecule has 196 valence electrons. The molecule has 7 nitrogen and oxygen atoms in total. The summed E-state index contributed by atoms with van der Waals surface area (Å²) in [6.45, 7) is 9.46. The van der Waals surface area contributed by atoms with Gasteiger partial charge in [0.2, 0.25) is 0 Å². The quantitative estimate of drug-likeness (QED) is 0.346. The number of aryl methyl sites for hydroxylation is 1. The molecule has 8 heteroatoms. The fraction of sp³-hybridized carbons (Fsp3) is 0.400. The van der Waals surface area contributed by atoms with Crippen molar-refractivity contribution in [2.24, 2.45) is 5.92 Å². The third-order valence-corrected chi connectivity index (χ3v) is 8.78. The summed E-state index contributed by atoms with van der Waals surface area (Å²) >= 11 is 1.79. The summed E-state index contributed by atoms with van der Waals surface area (Å²) in [5.74, 6) is 2.58. The Hall–Kier alpha value is -3.41. The molecule has 6 heterocycles. The van der Waals surface area contributed by atoms with Crippen molar-refractivity contribution in [3.05, 3.63) is 81.9 Å². The summed E-state index contributed by atoms with van der Waals surface area (Å²) < 4.78 is 0. The summed E-state index contributed by atoms with van der Waals surface area (Å²) in [4.78, 5) is 15.5. The molecule has 0 aromatic carbocycles. The Morgan fingerprint density at radius 3 is 2.63 bits per heavy atom. The zero-order valence-electron chi connectivity index (χ0n) is 22.3. The molecule has 38 heavy (non-hydrogen) atoms. The first kappa shape index (κ1) is 26.2. The Bertz CT molecular complexity index is 1290. The third kappa shape index (κ3) is 5.54. The number of nitrogens with zero attached hydrogens (tertiary/aromatic N) is 5. The van der Waals surface area contributed by atoms with Crippen molar-refractivity contribution in [1.82, 2.24) is 20.2 Å². The van der Waals surface area contributed by atoms with Gasteiger partial charge in [-0.3, -0.25) is 9.88 Å². The minimum Gasteiger partial charge on any atom is -0.359 e. The average Bonchev–Trinajstić information content (AvgIpc) is 2.96. The number of pyridine rings is 2. The van der Waals surface area contributed by atoms with E-state index in [1.807, 2.05) is 18.6 Å². The molecule has 0 radical (unpaired) electrons. The van der Waals surface area contributed by atoms with Crippen molar-refractivity contribution in [2.75, 3.05) is 23.7 Å². The summed E-state index contributed by atoms with van der Waals surface area (Å²) in [6, 6.07) is 11.8. The summed E-state index contributed by atoms with van der Waals surface area (Å²) in [5.41, 5.74) is 5.22. The lowest BCUT2D eigenvalue weighted by molar-refractivity contribution is -0.00876. The highest BCUT2D eigenvalue weighted by Crippen LogP contribution is 2.36. The van der Waals surface area contributed by atoms with Gasteiger partial charge in [-0.25, -0.2) is 4.98 Å². The Labute approximate surface area is 229 Å². The molecule has 3 fully saturated rings. The van der Waals surface area contributed by atoms with E-state index in [0.29, 0.717) is 29.3 Å². The van der Waals surface area contributed by atoms with Crippen molar-refractivity contribution in [3.63, 3.8) is 0 Å². The first-order valence-corrected chi connectivity index (χ1v) is 14.3. The number of hydrogen-bond donors (Lipinski definition) is 2. The first-order valence-electron chi connectivity index (χ1n) is 13.4. The van der Waals surface area contributed by atoms with Gasteiger partial charge in [-0.2, -0.15) is 5.26 Å². The largest absolute Gasteiger partial charge is 0.359 e. The van der Waals surface area contributed by atoms with Crippen LogP contribution in [0.3, 0.4) is 0 Å². The van der Waals surface area contributed by atoms with E-state index in [1.165, 1.54) is 12.0 Å². The van der Waals surface area contributed by atoms with Crippen LogP contribution in [0.25, 0.3) is 5.57 Å². The van der Waals surface area contributed by atoms with Crippen LogP contribution in [-0.4, -0.2) is 52.0 Å². The molecule has 4 aliphatic rings. The maximum atomic E-state index is 9.58. The second-order valence-electron chi connectivity index (χ2n) is 10.5. The number of rotatable bonds is 9. The van der Waals surface area contributed by atoms with Crippen LogP contribution in [0, 0.1) is 22.7 Å². The molecule has 3 saturated heterocycles. The van der Waals surface area contributed by atoms with Crippen LogP contribution >= 0.6 is 11.8 Å². The maximum Gasteiger partial charge on any atom is 0.128 e. The standard InChI is InChI=1S/C30H35N7S/c1-4-24-7-5-21(13-33-24)16-37-25-9-26(37)18-36(17-25)29-8-6-22(14-34-29)28-10-27(38-19-20(2)3)15-35-30(28)23(11-31)12-32/h5-8,10-11,13-15,20,25-26,31,35H,4,9,16-19H2,1-3H3/b30-23+,31-11?. The molecule has 0 aliphatic carbocycles. The molecule has 4 aliphatic heterocycles. The number of nitriles is 1. The van der Waals surface area contributed by atoms with Gasteiger partial charge in [-0.15, -0.1) is 11.8 Å². The predicted octanol–water partition coefficient (Wildman–Crippen LogP) is 5.15. The Morgan fingerprint density at radius 2 is 2.03 bits per heavy atom. The van der Waals surface area contributed by atoms with Gasteiger partial charge in [0.15, 0.2) is 0 Å². The van der Waals surface area contributed by atoms with Crippen molar-refractivity contribution >= 4 is 29.4 Å². The fourth-order valence-electron chi connectivity index (χ4n) is 5.27. The maximum absolute atomic E-state index is 9.58. The van der Waals surface area contributed by atoms with Crippen LogP contribution in [0.2, 0.25) is 0 Å². The minimum atomic E-state index is 0.306. The smallest absolute Gasteiger partial charge is 0.128 e. The molecule has 2 unspecified atom stereocenters. The van der Waals surface area contributed by atoms with Gasteiger partial charge in [0.1, 0.15) is 11.9 Å². The molecule has 2 N–H and O–H groups in total. The monoisotopic (exact) mass is 525 g/mol. The topological polar surface area (TPSA) is 91.9 Å². The van der Waals surface area contributed by atoms with Gasteiger partial charge in [-0.1, -0.05) is 26.8 Å². The lowest BCUT2D eigenvalue weighted by atomic mass is 9.87. The summed E-state index contributed by atoms with van der Waals surface area (Å²) in [5, 5.41) is 20.6. The van der Waals surface area contributed by atoms with Crippen molar-refractivity contribution in [3.8, 4) is 6.07 Å². The number of piperazine rings is 1. The highest BCUT2D eigenvalue weighted by Gasteiger charge is 2.44. The molecule has 0 amide bonds. The Kier molecular flexibility index (Phi) is 7.96. The SMILES string of the molecule is CCc1ccc(CN2C3CC2CN(c2ccc(C4=CC(SCC(C)C)=CN/C4=C(/C#N)C=N)cn2)C3)cn1. The molecule has 2 atom stereocenters. The molecular weight excluding hydrogens is 490 g/mol. The number of piperidine rings is 1. The fourth-order valence-corrected chi connectivity index (χ4v) is 6.14. The number of dihydropyridines is 1. The lowest BCUT2D eigenvalue weighted by Gasteiger charge is -2.56. The van der Waals surface area contributed by atoms with Gasteiger partial charge >= 0.3 is 0 Å². The van der Waals surface area contributed by atoms with Crippen LogP contribution < -0.4 is 10.2 Å². The Balaban J connectivity index is 1.29. The van der Waals surface area contributed by atoms with E-state index in [1.54, 1.807) is 11.8 Å². The molecule has 6 rings (SSSR count). The van der Waals surface area contributed by atoms with E-state index >= 15 is 0 Å². The van der Waals surface area contributed by atoms with E-state index in [9.17, 15) is 5.26 Å². The number of thioether (sulfide) groups is 1. The number of allylic oxidation sites excluding steroid dienone is 3. The number of hydrogen-bond acceptors (Lipinski definition) is 8. The van der Waals surface area contributed by atoms with Gasteiger partial charge < -0.3 is 15.6 Å². The minimum absolute atomic E-state index is 0.306. The van der Waals surface area contributed by atoms with Gasteiger partial charge in [0.05, 0.1) is 11.3 Å². The number of nitrogens with one attached hydrogen (secondary N) is 2. The van der Waals surface area contributed by atoms with Crippen LogP contribution in [0.4, 0.5) is 5.82 Å². The summed E-state index contributed by atoms with van der Waals surface area (Å²) in [7, 11) is 0. The predicted molar refractivity (Wildman–Crippen MR) is 156 cm³/mol. The normalized spacial score (nSPS) is 22.1. The average molecular weight is 526 g/mol. The molecule has 2 bridgehead atoms. The Morgan fingerprint density at radius 1 is 1.21 bits per heavy atom. The van der Waals surface area contributed by atoms with E-state index < -0.39 is 0 Å². The zero-order chi connectivity index (χ0) is 26.6.